The molecule has 1 amide bonds. The summed E-state index contributed by atoms with van der Waals surface area (Å²) in [6.45, 7) is 5.88. The van der Waals surface area contributed by atoms with E-state index in [-0.39, 0.29) is 25.2 Å². The summed E-state index contributed by atoms with van der Waals surface area (Å²) in [6.07, 6.45) is -5.57. The topological polar surface area (TPSA) is 402 Å². The van der Waals surface area contributed by atoms with Crippen LogP contribution in [0.1, 0.15) is 79.1 Å². The van der Waals surface area contributed by atoms with E-state index >= 15 is 0 Å². The zero-order valence-corrected chi connectivity index (χ0v) is 43.4. The third-order valence-corrected chi connectivity index (χ3v) is 14.2. The molecule has 0 aromatic rings. The highest BCUT2D eigenvalue weighted by atomic mass is 16.7. The lowest BCUT2D eigenvalue weighted by molar-refractivity contribution is -0.307. The molecule has 3 fully saturated rings. The number of esters is 1. The van der Waals surface area contributed by atoms with Crippen molar-refractivity contribution in [3.05, 3.63) is 85.1 Å². The van der Waals surface area contributed by atoms with Gasteiger partial charge in [0.2, 0.25) is 5.91 Å². The molecule has 432 valence electrons. The number of ether oxygens (including phenoxy) is 5. The van der Waals surface area contributed by atoms with Crippen LogP contribution in [0.2, 0.25) is 0 Å². The van der Waals surface area contributed by atoms with E-state index in [4.69, 9.17) is 29.4 Å². The van der Waals surface area contributed by atoms with Crippen LogP contribution in [-0.4, -0.2) is 218 Å². The van der Waals surface area contributed by atoms with E-state index in [9.17, 15) is 81.1 Å². The van der Waals surface area contributed by atoms with Gasteiger partial charge in [0.05, 0.1) is 92.1 Å². The van der Waals surface area contributed by atoms with Gasteiger partial charge in [-0.1, -0.05) is 98.9 Å². The highest BCUT2D eigenvalue weighted by molar-refractivity contribution is 5.80. The van der Waals surface area contributed by atoms with E-state index in [0.717, 1.165) is 0 Å². The lowest BCUT2D eigenvalue weighted by Gasteiger charge is -2.47. The lowest BCUT2D eigenvalue weighted by Crippen LogP contribution is -2.66. The summed E-state index contributed by atoms with van der Waals surface area (Å²) in [7, 11) is 0. The molecule has 17 N–H and O–H groups in total. The van der Waals surface area contributed by atoms with Gasteiger partial charge in [0.15, 0.2) is 18.4 Å². The average Bonchev–Trinajstić information content (AvgIpc) is 3.35. The van der Waals surface area contributed by atoms with Gasteiger partial charge in [-0.3, -0.25) is 9.59 Å². The van der Waals surface area contributed by atoms with Crippen LogP contribution in [0.5, 0.6) is 0 Å². The minimum absolute atomic E-state index is 0.154. The number of nitrogens with one attached hydrogen (secondary N) is 1. The number of carbonyl (C=O) groups is 2. The normalized spacial score (nSPS) is 46.7. The standard InChI is InChI=1S/C53H84N2O21/c1-28-17-15-13-11-9-7-5-6-8-10-12-14-16-18-35(74-52-48(67)43(54)46(65)31(4)73-52)24-39-42(50(69)55-44-49(68)47(66)40(27-56)75-51(44)70)38(62)26-53(71,76-39)25-34(59)22-37(61)36(60)20-19-32(57)21-33(58)23-41(63)72-30(3)29(2)45(28)64/h5-18,28-40,42-49,51-52,56-62,64-68,70-71H,19-27,54H2,1-4H3,(H,55,69)/b6-5+,9-7+,10-8+,13-11+,14-12+,17-15+,18-16+/t28-,29-,30-,31+,32+,33+,34-,35?,36+,37+,38-,39?,40?,42+,43-,44?,45+,46+,47?,48-,49?,51?,52-,53+/m0/s1. The molecule has 76 heavy (non-hydrogen) atoms. The SMILES string of the molecule is C[C@@H]1[C@H](O)[C@@H](C)/C=C/C=C/C=C/C=C/C=C/C=C/C=C/C(O[C@@H]2O[C@H](C)[C@@H](O)[C@H](N)[C@@H]2O)CC2O[C@](O)(C[C@@H](O)C[C@@H](O)[C@H](O)CC[C@@H](O)C[C@@H](O)CC(=O)O[C@H]1C)C[C@H](O)[C@H]2C(=O)NC1C(O)OC(CO)C(O)C1O. The predicted octanol–water partition coefficient (Wildman–Crippen LogP) is -2.46. The molecule has 2 bridgehead atoms. The number of fused-ring (bicyclic) bond motifs is 2. The van der Waals surface area contributed by atoms with Crippen molar-refractivity contribution in [2.75, 3.05) is 6.61 Å². The number of cyclic esters (lactones) is 1. The average molecular weight is 1090 g/mol. The number of rotatable bonds is 5. The van der Waals surface area contributed by atoms with Crippen LogP contribution in [0.4, 0.5) is 0 Å². The second-order valence-corrected chi connectivity index (χ2v) is 20.5. The highest BCUT2D eigenvalue weighted by Crippen LogP contribution is 2.39. The van der Waals surface area contributed by atoms with Gasteiger partial charge in [-0.2, -0.15) is 0 Å². The fourth-order valence-electron chi connectivity index (χ4n) is 9.50. The minimum Gasteiger partial charge on any atom is -0.462 e. The molecule has 4 aliphatic heterocycles. The van der Waals surface area contributed by atoms with Crippen LogP contribution in [0, 0.1) is 17.8 Å². The highest BCUT2D eigenvalue weighted by Gasteiger charge is 2.53. The number of hydrogen-bond donors (Lipinski definition) is 16. The van der Waals surface area contributed by atoms with Crippen molar-refractivity contribution in [2.24, 2.45) is 23.5 Å². The monoisotopic (exact) mass is 1080 g/mol. The summed E-state index contributed by atoms with van der Waals surface area (Å²) in [4.78, 5) is 26.9. The molecule has 4 heterocycles. The van der Waals surface area contributed by atoms with E-state index in [0.29, 0.717) is 0 Å². The minimum atomic E-state index is -2.46. The van der Waals surface area contributed by atoms with Crippen LogP contribution >= 0.6 is 0 Å². The van der Waals surface area contributed by atoms with Gasteiger partial charge in [-0.25, -0.2) is 0 Å². The molecular weight excluding hydrogens is 1000 g/mol. The summed E-state index contributed by atoms with van der Waals surface area (Å²) >= 11 is 0. The fourth-order valence-corrected chi connectivity index (χ4v) is 9.50. The zero-order chi connectivity index (χ0) is 56.4. The van der Waals surface area contributed by atoms with Crippen molar-refractivity contribution in [1.29, 1.82) is 0 Å². The summed E-state index contributed by atoms with van der Waals surface area (Å²) in [5.41, 5.74) is 6.10. The Labute approximate surface area is 443 Å². The Morgan fingerprint density at radius 2 is 1.25 bits per heavy atom. The van der Waals surface area contributed by atoms with Crippen LogP contribution in [0.25, 0.3) is 0 Å². The molecule has 0 saturated carbocycles. The second-order valence-electron chi connectivity index (χ2n) is 20.5. The van der Waals surface area contributed by atoms with Crippen LogP contribution in [0.15, 0.2) is 85.1 Å². The van der Waals surface area contributed by atoms with Crippen molar-refractivity contribution < 1.29 is 105 Å². The van der Waals surface area contributed by atoms with Gasteiger partial charge in [-0.15, -0.1) is 0 Å². The maximum Gasteiger partial charge on any atom is 0.308 e. The second kappa shape index (κ2) is 31.2. The van der Waals surface area contributed by atoms with E-state index in [1.165, 1.54) is 13.0 Å². The van der Waals surface area contributed by atoms with E-state index < -0.39 is 191 Å². The Morgan fingerprint density at radius 3 is 1.86 bits per heavy atom. The van der Waals surface area contributed by atoms with E-state index in [2.05, 4.69) is 5.32 Å². The van der Waals surface area contributed by atoms with Crippen molar-refractivity contribution in [3.8, 4) is 0 Å². The smallest absolute Gasteiger partial charge is 0.308 e. The molecule has 0 aliphatic carbocycles. The first-order chi connectivity index (χ1) is 35.9. The van der Waals surface area contributed by atoms with Gasteiger partial charge in [0.1, 0.15) is 36.6 Å². The molecule has 0 spiro atoms. The van der Waals surface area contributed by atoms with Crippen molar-refractivity contribution in [3.63, 3.8) is 0 Å². The first kappa shape index (κ1) is 64.9. The van der Waals surface area contributed by atoms with Crippen molar-refractivity contribution >= 4 is 11.9 Å². The molecular formula is C53H84N2O21. The number of nitrogens with two attached hydrogens (primary N) is 1. The lowest BCUT2D eigenvalue weighted by atomic mass is 9.81. The summed E-state index contributed by atoms with van der Waals surface area (Å²) in [5.74, 6) is -6.76. The molecule has 4 rings (SSSR count). The molecule has 3 saturated heterocycles. The first-order valence-electron chi connectivity index (χ1n) is 25.9. The van der Waals surface area contributed by atoms with Crippen LogP contribution in [-0.2, 0) is 33.3 Å². The first-order valence-corrected chi connectivity index (χ1v) is 25.9. The molecule has 23 heteroatoms. The van der Waals surface area contributed by atoms with Gasteiger partial charge in [-0.05, 0) is 33.1 Å². The maximum atomic E-state index is 14.2. The predicted molar refractivity (Wildman–Crippen MR) is 271 cm³/mol. The Balaban J connectivity index is 1.65. The third kappa shape index (κ3) is 19.6. The Morgan fingerprint density at radius 1 is 0.658 bits per heavy atom. The molecule has 4 aliphatic rings. The fraction of sp³-hybridized carbons (Fsp3) is 0.698. The molecule has 0 aromatic heterocycles. The van der Waals surface area contributed by atoms with E-state index in [1.54, 1.807) is 92.8 Å². The molecule has 0 aromatic carbocycles. The zero-order valence-electron chi connectivity index (χ0n) is 43.4. The van der Waals surface area contributed by atoms with Gasteiger partial charge < -0.3 is 106 Å². The van der Waals surface area contributed by atoms with E-state index in [1.807, 2.05) is 6.92 Å². The third-order valence-electron chi connectivity index (χ3n) is 14.2. The summed E-state index contributed by atoms with van der Waals surface area (Å²) < 4.78 is 28.8. The quantitative estimate of drug-likeness (QED) is 0.127. The van der Waals surface area contributed by atoms with Gasteiger partial charge in [0, 0.05) is 37.5 Å². The number of carbonyl (C=O) groups excluding carboxylic acids is 2. The van der Waals surface area contributed by atoms with Crippen molar-refractivity contribution in [2.45, 2.75) is 207 Å². The number of aliphatic hydroxyl groups excluding tert-OH is 13. The molecule has 23 nitrogen and oxygen atoms in total. The Bertz CT molecular complexity index is 1990. The van der Waals surface area contributed by atoms with Gasteiger partial charge in [0.25, 0.3) is 0 Å². The van der Waals surface area contributed by atoms with Crippen LogP contribution in [0.3, 0.4) is 0 Å². The van der Waals surface area contributed by atoms with Crippen molar-refractivity contribution in [1.82, 2.24) is 5.32 Å². The molecule has 24 atom stereocenters. The number of aliphatic hydroxyl groups is 14. The summed E-state index contributed by atoms with van der Waals surface area (Å²) in [6, 6.07) is -2.93. The largest absolute Gasteiger partial charge is 0.462 e. The van der Waals surface area contributed by atoms with Gasteiger partial charge >= 0.3 is 5.97 Å². The summed E-state index contributed by atoms with van der Waals surface area (Å²) in [5, 5.41) is 154. The Hall–Kier alpha value is -3.64. The maximum absolute atomic E-state index is 14.2. The Kier molecular flexibility index (Phi) is 26.7. The van der Waals surface area contributed by atoms with Crippen LogP contribution < -0.4 is 11.1 Å². The number of allylic oxidation sites excluding steroid dienone is 12. The number of hydrogen-bond acceptors (Lipinski definition) is 22. The number of amides is 1. The molecule has 7 unspecified atom stereocenters. The molecule has 0 radical (unpaired) electrons.